The molecule has 0 aliphatic carbocycles. The fourth-order valence-corrected chi connectivity index (χ4v) is 4.60. The van der Waals surface area contributed by atoms with E-state index in [0.29, 0.717) is 29.5 Å². The first kappa shape index (κ1) is 20.7. The molecule has 0 spiro atoms. The van der Waals surface area contributed by atoms with Gasteiger partial charge in [-0.15, -0.1) is 0 Å². The molecule has 1 aliphatic rings. The lowest BCUT2D eigenvalue weighted by molar-refractivity contribution is 0.120. The highest BCUT2D eigenvalue weighted by atomic mass is 35.5. The Kier molecular flexibility index (Phi) is 5.99. The first-order valence-corrected chi connectivity index (χ1v) is 11.3. The van der Waals surface area contributed by atoms with Crippen molar-refractivity contribution in [1.29, 1.82) is 0 Å². The van der Waals surface area contributed by atoms with E-state index in [4.69, 9.17) is 25.5 Å². The highest BCUT2D eigenvalue weighted by Crippen LogP contribution is 2.33. The van der Waals surface area contributed by atoms with E-state index < -0.39 is 9.84 Å². The fraction of sp³-hybridized carbons (Fsp3) is 0.286. The number of ether oxygens (including phenoxy) is 2. The van der Waals surface area contributed by atoms with Crippen LogP contribution in [-0.4, -0.2) is 39.8 Å². The smallest absolute Gasteiger partial charge is 0.233 e. The number of hydrogen-bond acceptors (Lipinski definition) is 7. The molecule has 7 nitrogen and oxygen atoms in total. The maximum Gasteiger partial charge on any atom is 0.233 e. The maximum absolute atomic E-state index is 13.3. The van der Waals surface area contributed by atoms with Gasteiger partial charge in [-0.2, -0.15) is 4.98 Å². The lowest BCUT2D eigenvalue weighted by atomic mass is 10.2. The number of nitrogens with zero attached hydrogens (tertiary/aromatic N) is 1. The molecule has 1 atom stereocenters. The molecule has 3 aromatic rings. The Hall–Kier alpha value is -2.55. The lowest BCUT2D eigenvalue weighted by Crippen LogP contribution is -2.19. The van der Waals surface area contributed by atoms with Crippen molar-refractivity contribution in [2.75, 3.05) is 25.6 Å². The predicted octanol–water partition coefficient (Wildman–Crippen LogP) is 4.43. The van der Waals surface area contributed by atoms with Gasteiger partial charge < -0.3 is 19.2 Å². The van der Waals surface area contributed by atoms with Gasteiger partial charge in [0.2, 0.25) is 26.6 Å². The Morgan fingerprint density at radius 2 is 1.90 bits per heavy atom. The molecule has 30 heavy (non-hydrogen) atoms. The monoisotopic (exact) mass is 448 g/mol. The Morgan fingerprint density at radius 1 is 1.17 bits per heavy atom. The van der Waals surface area contributed by atoms with Crippen molar-refractivity contribution in [3.8, 4) is 17.2 Å². The molecule has 9 heteroatoms. The molecule has 1 aliphatic heterocycles. The average molecular weight is 449 g/mol. The number of hydrogen-bond donors (Lipinski definition) is 1. The molecule has 158 valence electrons. The first-order chi connectivity index (χ1) is 14.5. The van der Waals surface area contributed by atoms with Crippen LogP contribution >= 0.6 is 11.6 Å². The van der Waals surface area contributed by atoms with Crippen LogP contribution < -0.4 is 10.1 Å². The summed E-state index contributed by atoms with van der Waals surface area (Å²) in [6, 6.07) is 13.0. The third-order valence-electron chi connectivity index (χ3n) is 4.83. The zero-order valence-electron chi connectivity index (χ0n) is 16.3. The minimum absolute atomic E-state index is 0.00521. The predicted molar refractivity (Wildman–Crippen MR) is 113 cm³/mol. The van der Waals surface area contributed by atoms with Gasteiger partial charge in [-0.1, -0.05) is 11.6 Å². The third kappa shape index (κ3) is 4.30. The second-order valence-electron chi connectivity index (χ2n) is 6.86. The zero-order chi connectivity index (χ0) is 21.1. The van der Waals surface area contributed by atoms with Crippen molar-refractivity contribution in [1.82, 2.24) is 4.98 Å². The van der Waals surface area contributed by atoms with Crippen molar-refractivity contribution in [3.05, 3.63) is 53.6 Å². The van der Waals surface area contributed by atoms with Crippen molar-refractivity contribution in [2.45, 2.75) is 28.9 Å². The second-order valence-corrected chi connectivity index (χ2v) is 9.16. The maximum atomic E-state index is 13.3. The van der Waals surface area contributed by atoms with Gasteiger partial charge in [-0.25, -0.2) is 8.42 Å². The number of rotatable bonds is 7. The van der Waals surface area contributed by atoms with Crippen LogP contribution in [0.25, 0.3) is 11.5 Å². The van der Waals surface area contributed by atoms with Gasteiger partial charge in [0.25, 0.3) is 0 Å². The van der Waals surface area contributed by atoms with Gasteiger partial charge in [-0.05, 0) is 61.4 Å². The van der Waals surface area contributed by atoms with E-state index in [0.717, 1.165) is 12.8 Å². The molecule has 2 aromatic carbocycles. The van der Waals surface area contributed by atoms with Crippen molar-refractivity contribution < 1.29 is 22.3 Å². The van der Waals surface area contributed by atoms with E-state index in [9.17, 15) is 8.42 Å². The molecular formula is C21H21ClN2O5S. The Balaban J connectivity index is 1.71. The second kappa shape index (κ2) is 8.67. The summed E-state index contributed by atoms with van der Waals surface area (Å²) < 4.78 is 43.1. The molecule has 1 N–H and O–H groups in total. The van der Waals surface area contributed by atoms with Crippen molar-refractivity contribution in [3.63, 3.8) is 0 Å². The van der Waals surface area contributed by atoms with E-state index >= 15 is 0 Å². The van der Waals surface area contributed by atoms with Crippen LogP contribution in [0.2, 0.25) is 5.02 Å². The Bertz CT molecular complexity index is 1110. The van der Waals surface area contributed by atoms with Gasteiger partial charge in [-0.3, -0.25) is 0 Å². The van der Waals surface area contributed by atoms with Crippen LogP contribution in [0.5, 0.6) is 5.75 Å². The molecule has 1 unspecified atom stereocenters. The Labute approximate surface area is 179 Å². The summed E-state index contributed by atoms with van der Waals surface area (Å²) in [6.45, 7) is 1.14. The fourth-order valence-electron chi connectivity index (χ4n) is 3.19. The summed E-state index contributed by atoms with van der Waals surface area (Å²) in [5, 5.41) is 3.35. The van der Waals surface area contributed by atoms with E-state index in [1.54, 1.807) is 31.4 Å². The zero-order valence-corrected chi connectivity index (χ0v) is 17.9. The summed E-state index contributed by atoms with van der Waals surface area (Å²) in [7, 11) is -2.35. The van der Waals surface area contributed by atoms with Crippen LogP contribution in [0.4, 0.5) is 5.88 Å². The van der Waals surface area contributed by atoms with E-state index in [2.05, 4.69) is 10.3 Å². The highest BCUT2D eigenvalue weighted by molar-refractivity contribution is 7.91. The van der Waals surface area contributed by atoms with Crippen LogP contribution in [-0.2, 0) is 14.6 Å². The SMILES string of the molecule is COc1ccc(-c2nc(S(=O)(=O)c3ccc(Cl)cc3)c(NCC3CCCO3)o2)cc1. The van der Waals surface area contributed by atoms with Crippen LogP contribution in [0, 0.1) is 0 Å². The van der Waals surface area contributed by atoms with Crippen molar-refractivity contribution in [2.24, 2.45) is 0 Å². The summed E-state index contributed by atoms with van der Waals surface area (Å²) in [5.41, 5.74) is 0.633. The quantitative estimate of drug-likeness (QED) is 0.571. The topological polar surface area (TPSA) is 90.7 Å². The normalized spacial score (nSPS) is 16.5. The molecule has 2 heterocycles. The van der Waals surface area contributed by atoms with Crippen LogP contribution in [0.15, 0.2) is 62.9 Å². The lowest BCUT2D eigenvalue weighted by Gasteiger charge is -2.10. The van der Waals surface area contributed by atoms with Crippen LogP contribution in [0.1, 0.15) is 12.8 Å². The molecular weight excluding hydrogens is 428 g/mol. The first-order valence-electron chi connectivity index (χ1n) is 9.49. The van der Waals surface area contributed by atoms with Gasteiger partial charge >= 0.3 is 0 Å². The van der Waals surface area contributed by atoms with E-state index in [-0.39, 0.29) is 27.8 Å². The van der Waals surface area contributed by atoms with Gasteiger partial charge in [0.15, 0.2) is 0 Å². The molecule has 1 saturated heterocycles. The molecule has 0 amide bonds. The summed E-state index contributed by atoms with van der Waals surface area (Å²) in [4.78, 5) is 4.40. The number of halogens is 1. The number of benzene rings is 2. The molecule has 0 saturated carbocycles. The van der Waals surface area contributed by atoms with E-state index in [1.165, 1.54) is 24.3 Å². The average Bonchev–Trinajstić information content (AvgIpc) is 3.43. The highest BCUT2D eigenvalue weighted by Gasteiger charge is 2.29. The van der Waals surface area contributed by atoms with Gasteiger partial charge in [0, 0.05) is 23.7 Å². The minimum atomic E-state index is -3.92. The summed E-state index contributed by atoms with van der Waals surface area (Å²) in [6.07, 6.45) is 1.90. The number of oxazole rings is 1. The number of nitrogens with one attached hydrogen (secondary N) is 1. The number of aromatic nitrogens is 1. The standard InChI is InChI=1S/C21H21ClN2O5S/c1-27-16-8-4-14(5-9-16)19-24-21(20(29-19)23-13-17-3-2-12-28-17)30(25,26)18-10-6-15(22)7-11-18/h4-11,17,23H,2-3,12-13H2,1H3. The molecule has 0 bridgehead atoms. The molecule has 0 radical (unpaired) electrons. The number of methoxy groups -OCH3 is 1. The largest absolute Gasteiger partial charge is 0.497 e. The van der Waals surface area contributed by atoms with Gasteiger partial charge in [0.05, 0.1) is 18.1 Å². The number of sulfone groups is 1. The molecule has 1 aromatic heterocycles. The van der Waals surface area contributed by atoms with Crippen molar-refractivity contribution >= 4 is 27.3 Å². The third-order valence-corrected chi connectivity index (χ3v) is 6.76. The molecule has 1 fully saturated rings. The Morgan fingerprint density at radius 3 is 2.53 bits per heavy atom. The van der Waals surface area contributed by atoms with Gasteiger partial charge in [0.1, 0.15) is 5.75 Å². The van der Waals surface area contributed by atoms with Crippen LogP contribution in [0.3, 0.4) is 0 Å². The minimum Gasteiger partial charge on any atom is -0.497 e. The molecule has 4 rings (SSSR count). The van der Waals surface area contributed by atoms with E-state index in [1.807, 2.05) is 0 Å². The summed E-state index contributed by atoms with van der Waals surface area (Å²) >= 11 is 5.90. The summed E-state index contributed by atoms with van der Waals surface area (Å²) in [5.74, 6) is 0.961. The number of anilines is 1.